The topological polar surface area (TPSA) is 112 Å². The molecule has 0 radical (unpaired) electrons. The molecule has 1 aromatic carbocycles. The first-order valence-electron chi connectivity index (χ1n) is 9.95. The Kier molecular flexibility index (Phi) is 7.71. The molecule has 0 fully saturated rings. The highest BCUT2D eigenvalue weighted by molar-refractivity contribution is 7.16. The van der Waals surface area contributed by atoms with E-state index in [0.29, 0.717) is 16.4 Å². The first-order valence-corrected chi connectivity index (χ1v) is 10.8. The molecule has 1 amide bonds. The zero-order chi connectivity index (χ0) is 22.2. The summed E-state index contributed by atoms with van der Waals surface area (Å²) in [7, 11) is 0. The quantitative estimate of drug-likeness (QED) is 0.476. The van der Waals surface area contributed by atoms with Crippen molar-refractivity contribution in [1.82, 2.24) is 19.9 Å². The molecule has 10 heteroatoms. The van der Waals surface area contributed by atoms with E-state index in [-0.39, 0.29) is 25.3 Å². The van der Waals surface area contributed by atoms with E-state index >= 15 is 0 Å². The second-order valence-corrected chi connectivity index (χ2v) is 7.96. The number of benzene rings is 1. The molecule has 0 aliphatic heterocycles. The maximum atomic E-state index is 12.2. The molecule has 31 heavy (non-hydrogen) atoms. The van der Waals surface area contributed by atoms with Gasteiger partial charge in [0, 0.05) is 12.5 Å². The maximum absolute atomic E-state index is 12.2. The van der Waals surface area contributed by atoms with E-state index in [2.05, 4.69) is 22.3 Å². The van der Waals surface area contributed by atoms with E-state index in [0.717, 1.165) is 29.8 Å². The summed E-state index contributed by atoms with van der Waals surface area (Å²) in [5.41, 5.74) is 1.10. The van der Waals surface area contributed by atoms with Gasteiger partial charge in [0.25, 0.3) is 11.5 Å². The van der Waals surface area contributed by atoms with Gasteiger partial charge in [0.05, 0.1) is 5.69 Å². The van der Waals surface area contributed by atoms with Crippen LogP contribution in [-0.2, 0) is 27.4 Å². The van der Waals surface area contributed by atoms with Crippen LogP contribution in [0.4, 0.5) is 0 Å². The predicted molar refractivity (Wildman–Crippen MR) is 115 cm³/mol. The molecule has 164 valence electrons. The molecule has 0 saturated heterocycles. The molecule has 0 atom stereocenters. The number of hydrogen-bond donors (Lipinski definition) is 1. The van der Waals surface area contributed by atoms with Crippen LogP contribution in [0.2, 0.25) is 0 Å². The molecule has 0 saturated carbocycles. The van der Waals surface area contributed by atoms with Crippen molar-refractivity contribution in [3.05, 3.63) is 57.0 Å². The largest absolute Gasteiger partial charge is 0.484 e. The number of ether oxygens (including phenoxy) is 2. The van der Waals surface area contributed by atoms with Gasteiger partial charge in [-0.3, -0.25) is 14.4 Å². The Labute approximate surface area is 183 Å². The number of fused-ring (bicyclic) bond motifs is 1. The number of esters is 1. The first kappa shape index (κ1) is 22.4. The van der Waals surface area contributed by atoms with Crippen LogP contribution in [0, 0.1) is 6.92 Å². The Morgan fingerprint density at radius 3 is 2.74 bits per heavy atom. The van der Waals surface area contributed by atoms with E-state index in [1.165, 1.54) is 21.9 Å². The standard InChI is InChI=1S/C21H24N4O5S/c1-3-4-5-18-24-25-19(27)10-15(23-21(25)31-18)12-30-20(28)11-22-17(26)13-29-16-8-6-14(2)7-9-16/h6-10H,3-5,11-13H2,1-2H3,(H,22,26). The number of aryl methyl sites for hydroxylation is 2. The van der Waals surface area contributed by atoms with Crippen LogP contribution in [0.1, 0.15) is 36.0 Å². The summed E-state index contributed by atoms with van der Waals surface area (Å²) in [4.78, 5) is 40.7. The minimum atomic E-state index is -0.640. The lowest BCUT2D eigenvalue weighted by molar-refractivity contribution is -0.145. The predicted octanol–water partition coefficient (Wildman–Crippen LogP) is 2.04. The van der Waals surface area contributed by atoms with E-state index in [9.17, 15) is 14.4 Å². The molecular formula is C21H24N4O5S. The van der Waals surface area contributed by atoms with Crippen LogP contribution in [0.5, 0.6) is 5.75 Å². The van der Waals surface area contributed by atoms with Gasteiger partial charge in [-0.2, -0.15) is 9.61 Å². The second kappa shape index (κ2) is 10.7. The molecular weight excluding hydrogens is 420 g/mol. The average Bonchev–Trinajstić information content (AvgIpc) is 3.18. The summed E-state index contributed by atoms with van der Waals surface area (Å²) < 4.78 is 11.7. The van der Waals surface area contributed by atoms with Crippen molar-refractivity contribution >= 4 is 28.2 Å². The van der Waals surface area contributed by atoms with Gasteiger partial charge in [0.1, 0.15) is 23.9 Å². The number of hydrogen-bond acceptors (Lipinski definition) is 8. The summed E-state index contributed by atoms with van der Waals surface area (Å²) in [6.45, 7) is 3.36. The van der Waals surface area contributed by atoms with Gasteiger partial charge in [-0.05, 0) is 25.5 Å². The monoisotopic (exact) mass is 444 g/mol. The van der Waals surface area contributed by atoms with Gasteiger partial charge >= 0.3 is 5.97 Å². The summed E-state index contributed by atoms with van der Waals surface area (Å²) in [5.74, 6) is -0.518. The normalized spacial score (nSPS) is 10.8. The summed E-state index contributed by atoms with van der Waals surface area (Å²) >= 11 is 1.35. The van der Waals surface area contributed by atoms with Crippen LogP contribution >= 0.6 is 11.3 Å². The van der Waals surface area contributed by atoms with Crippen LogP contribution in [0.25, 0.3) is 4.96 Å². The van der Waals surface area contributed by atoms with E-state index in [1.54, 1.807) is 12.1 Å². The fourth-order valence-electron chi connectivity index (χ4n) is 2.61. The van der Waals surface area contributed by atoms with E-state index in [4.69, 9.17) is 9.47 Å². The fourth-order valence-corrected chi connectivity index (χ4v) is 3.57. The van der Waals surface area contributed by atoms with Gasteiger partial charge in [0.15, 0.2) is 6.61 Å². The Morgan fingerprint density at radius 2 is 2.00 bits per heavy atom. The number of rotatable bonds is 10. The number of carbonyl (C=O) groups excluding carboxylic acids is 2. The molecule has 0 unspecified atom stereocenters. The first-order chi connectivity index (χ1) is 14.9. The van der Waals surface area contributed by atoms with Crippen molar-refractivity contribution in [2.45, 2.75) is 39.7 Å². The van der Waals surface area contributed by atoms with Crippen LogP contribution in [0.15, 0.2) is 35.1 Å². The Bertz CT molecular complexity index is 1110. The molecule has 3 rings (SSSR count). The lowest BCUT2D eigenvalue weighted by Gasteiger charge is -2.08. The fraction of sp³-hybridized carbons (Fsp3) is 0.381. The van der Waals surface area contributed by atoms with Crippen molar-refractivity contribution in [3.8, 4) is 5.75 Å². The number of carbonyl (C=O) groups is 2. The van der Waals surface area contributed by atoms with Crippen molar-refractivity contribution < 1.29 is 19.1 Å². The van der Waals surface area contributed by atoms with Gasteiger partial charge < -0.3 is 14.8 Å². The highest BCUT2D eigenvalue weighted by Gasteiger charge is 2.12. The van der Waals surface area contributed by atoms with Crippen LogP contribution in [0.3, 0.4) is 0 Å². The van der Waals surface area contributed by atoms with Crippen molar-refractivity contribution in [2.75, 3.05) is 13.2 Å². The molecule has 9 nitrogen and oxygen atoms in total. The van der Waals surface area contributed by atoms with Crippen molar-refractivity contribution in [1.29, 1.82) is 0 Å². The summed E-state index contributed by atoms with van der Waals surface area (Å²) in [6, 6.07) is 8.57. The molecule has 1 N–H and O–H groups in total. The number of nitrogens with one attached hydrogen (secondary N) is 1. The van der Waals surface area contributed by atoms with Crippen molar-refractivity contribution in [3.63, 3.8) is 0 Å². The summed E-state index contributed by atoms with van der Waals surface area (Å²) in [6.07, 6.45) is 2.82. The lowest BCUT2D eigenvalue weighted by Crippen LogP contribution is -2.34. The smallest absolute Gasteiger partial charge is 0.325 e. The Morgan fingerprint density at radius 1 is 1.23 bits per heavy atom. The van der Waals surface area contributed by atoms with E-state index in [1.807, 2.05) is 19.1 Å². The third kappa shape index (κ3) is 6.61. The van der Waals surface area contributed by atoms with Gasteiger partial charge in [-0.15, -0.1) is 0 Å². The SMILES string of the molecule is CCCCc1nn2c(=O)cc(COC(=O)CNC(=O)COc3ccc(C)cc3)nc2s1. The Balaban J connectivity index is 1.45. The minimum absolute atomic E-state index is 0.164. The third-order valence-electron chi connectivity index (χ3n) is 4.29. The zero-order valence-electron chi connectivity index (χ0n) is 17.4. The third-order valence-corrected chi connectivity index (χ3v) is 5.25. The number of nitrogens with zero attached hydrogens (tertiary/aromatic N) is 3. The number of amides is 1. The molecule has 2 aromatic heterocycles. The lowest BCUT2D eigenvalue weighted by atomic mass is 10.2. The number of unbranched alkanes of at least 4 members (excludes halogenated alkanes) is 1. The van der Waals surface area contributed by atoms with E-state index < -0.39 is 11.9 Å². The minimum Gasteiger partial charge on any atom is -0.484 e. The maximum Gasteiger partial charge on any atom is 0.325 e. The molecule has 0 aliphatic carbocycles. The molecule has 0 bridgehead atoms. The van der Waals surface area contributed by atoms with Crippen molar-refractivity contribution in [2.24, 2.45) is 0 Å². The van der Waals surface area contributed by atoms with Gasteiger partial charge in [0.2, 0.25) is 4.96 Å². The molecule has 3 aromatic rings. The highest BCUT2D eigenvalue weighted by atomic mass is 32.1. The second-order valence-electron chi connectivity index (χ2n) is 6.92. The number of aromatic nitrogens is 3. The molecule has 2 heterocycles. The Hall–Kier alpha value is -3.27. The highest BCUT2D eigenvalue weighted by Crippen LogP contribution is 2.14. The zero-order valence-corrected chi connectivity index (χ0v) is 18.2. The van der Waals surface area contributed by atoms with Crippen LogP contribution < -0.4 is 15.6 Å². The molecule has 0 spiro atoms. The van der Waals surface area contributed by atoms with Gasteiger partial charge in [-0.25, -0.2) is 4.98 Å². The summed E-state index contributed by atoms with van der Waals surface area (Å²) in [5, 5.41) is 7.55. The average molecular weight is 445 g/mol. The molecule has 0 aliphatic rings. The van der Waals surface area contributed by atoms with Gasteiger partial charge in [-0.1, -0.05) is 42.4 Å². The van der Waals surface area contributed by atoms with Crippen LogP contribution in [-0.4, -0.2) is 39.6 Å².